The SMILES string of the molecule is Cc1cccc(OCC(C)Nc2ncnc(N)n2)c1. The van der Waals surface area contributed by atoms with Crippen LogP contribution in [0.1, 0.15) is 12.5 Å². The zero-order valence-corrected chi connectivity index (χ0v) is 11.0. The summed E-state index contributed by atoms with van der Waals surface area (Å²) in [5, 5.41) is 3.10. The number of aromatic nitrogens is 3. The summed E-state index contributed by atoms with van der Waals surface area (Å²) in [6.07, 6.45) is 1.37. The van der Waals surface area contributed by atoms with Gasteiger partial charge in [0.25, 0.3) is 0 Å². The molecule has 0 amide bonds. The largest absolute Gasteiger partial charge is 0.491 e. The van der Waals surface area contributed by atoms with Crippen molar-refractivity contribution in [1.29, 1.82) is 0 Å². The van der Waals surface area contributed by atoms with Crippen molar-refractivity contribution in [3.8, 4) is 5.75 Å². The van der Waals surface area contributed by atoms with Gasteiger partial charge in [-0.1, -0.05) is 12.1 Å². The molecule has 0 fully saturated rings. The maximum atomic E-state index is 5.69. The number of nitrogen functional groups attached to an aromatic ring is 1. The van der Waals surface area contributed by atoms with Crippen LogP contribution in [0.4, 0.5) is 11.9 Å². The predicted octanol–water partition coefficient (Wildman–Crippen LogP) is 1.64. The van der Waals surface area contributed by atoms with Crippen molar-refractivity contribution in [1.82, 2.24) is 15.0 Å². The highest BCUT2D eigenvalue weighted by Gasteiger charge is 2.05. The van der Waals surface area contributed by atoms with Gasteiger partial charge in [0.2, 0.25) is 11.9 Å². The fourth-order valence-corrected chi connectivity index (χ4v) is 1.57. The van der Waals surface area contributed by atoms with Crippen LogP contribution in [0, 0.1) is 6.92 Å². The average molecular weight is 259 g/mol. The molecule has 0 spiro atoms. The van der Waals surface area contributed by atoms with Crippen LogP contribution in [0.25, 0.3) is 0 Å². The van der Waals surface area contributed by atoms with Crippen LogP contribution in [-0.4, -0.2) is 27.6 Å². The van der Waals surface area contributed by atoms with Gasteiger partial charge in [0.05, 0.1) is 6.04 Å². The van der Waals surface area contributed by atoms with E-state index in [0.717, 1.165) is 5.75 Å². The first-order chi connectivity index (χ1) is 9.13. The molecule has 1 aromatic carbocycles. The molecular formula is C13H17N5O. The van der Waals surface area contributed by atoms with E-state index in [1.807, 2.05) is 38.1 Å². The Hall–Kier alpha value is -2.37. The average Bonchev–Trinajstić information content (AvgIpc) is 2.36. The third-order valence-electron chi connectivity index (χ3n) is 2.46. The maximum absolute atomic E-state index is 5.69. The Kier molecular flexibility index (Phi) is 4.12. The first kappa shape index (κ1) is 13.1. The van der Waals surface area contributed by atoms with Gasteiger partial charge in [-0.3, -0.25) is 0 Å². The molecule has 1 heterocycles. The van der Waals surface area contributed by atoms with Crippen LogP contribution in [0.15, 0.2) is 30.6 Å². The summed E-state index contributed by atoms with van der Waals surface area (Å²) in [4.78, 5) is 11.7. The minimum Gasteiger partial charge on any atom is -0.491 e. The number of nitrogens with one attached hydrogen (secondary N) is 1. The molecule has 3 N–H and O–H groups in total. The summed E-state index contributed by atoms with van der Waals surface area (Å²) in [5.41, 5.74) is 6.65. The minimum absolute atomic E-state index is 0.0577. The molecule has 0 radical (unpaired) electrons. The van der Waals surface area contributed by atoms with Gasteiger partial charge in [-0.2, -0.15) is 4.98 Å². The highest BCUT2D eigenvalue weighted by Crippen LogP contribution is 2.13. The number of nitrogens with two attached hydrogens (primary N) is 1. The fourth-order valence-electron chi connectivity index (χ4n) is 1.57. The summed E-state index contributed by atoms with van der Waals surface area (Å²) in [6.45, 7) is 4.52. The molecule has 6 nitrogen and oxygen atoms in total. The van der Waals surface area contributed by atoms with E-state index in [4.69, 9.17) is 10.5 Å². The van der Waals surface area contributed by atoms with Crippen LogP contribution >= 0.6 is 0 Å². The van der Waals surface area contributed by atoms with E-state index >= 15 is 0 Å². The quantitative estimate of drug-likeness (QED) is 0.849. The van der Waals surface area contributed by atoms with Crippen molar-refractivity contribution in [2.75, 3.05) is 17.7 Å². The molecule has 0 aliphatic carbocycles. The van der Waals surface area contributed by atoms with Crippen LogP contribution in [0.2, 0.25) is 0 Å². The van der Waals surface area contributed by atoms with Crippen LogP contribution in [0.5, 0.6) is 5.75 Å². The Morgan fingerprint density at radius 3 is 2.95 bits per heavy atom. The van der Waals surface area contributed by atoms with Crippen molar-refractivity contribution in [3.63, 3.8) is 0 Å². The van der Waals surface area contributed by atoms with E-state index in [0.29, 0.717) is 12.6 Å². The van der Waals surface area contributed by atoms with Gasteiger partial charge in [0.15, 0.2) is 0 Å². The summed E-state index contributed by atoms with van der Waals surface area (Å²) < 4.78 is 5.69. The van der Waals surface area contributed by atoms with E-state index in [2.05, 4.69) is 20.3 Å². The van der Waals surface area contributed by atoms with Crippen molar-refractivity contribution in [2.24, 2.45) is 0 Å². The molecular weight excluding hydrogens is 242 g/mol. The maximum Gasteiger partial charge on any atom is 0.227 e. The van der Waals surface area contributed by atoms with Crippen molar-refractivity contribution in [2.45, 2.75) is 19.9 Å². The second kappa shape index (κ2) is 5.99. The fraction of sp³-hybridized carbons (Fsp3) is 0.308. The van der Waals surface area contributed by atoms with E-state index in [1.165, 1.54) is 11.9 Å². The van der Waals surface area contributed by atoms with Gasteiger partial charge in [-0.05, 0) is 31.5 Å². The summed E-state index contributed by atoms with van der Waals surface area (Å²) in [7, 11) is 0. The number of hydrogen-bond acceptors (Lipinski definition) is 6. The third kappa shape index (κ3) is 4.09. The highest BCUT2D eigenvalue weighted by molar-refractivity contribution is 5.30. The van der Waals surface area contributed by atoms with Crippen molar-refractivity contribution >= 4 is 11.9 Å². The molecule has 0 aliphatic heterocycles. The Bertz CT molecular complexity index is 546. The smallest absolute Gasteiger partial charge is 0.227 e. The number of rotatable bonds is 5. The van der Waals surface area contributed by atoms with Gasteiger partial charge in [-0.15, -0.1) is 0 Å². The molecule has 2 aromatic rings. The normalized spacial score (nSPS) is 11.9. The zero-order valence-electron chi connectivity index (χ0n) is 11.0. The Morgan fingerprint density at radius 1 is 1.37 bits per heavy atom. The molecule has 0 bridgehead atoms. The molecule has 0 saturated carbocycles. The van der Waals surface area contributed by atoms with E-state index in [-0.39, 0.29) is 12.0 Å². The first-order valence-corrected chi connectivity index (χ1v) is 6.04. The lowest BCUT2D eigenvalue weighted by atomic mass is 10.2. The molecule has 19 heavy (non-hydrogen) atoms. The molecule has 100 valence electrons. The topological polar surface area (TPSA) is 86.0 Å². The Balaban J connectivity index is 1.86. The second-order valence-electron chi connectivity index (χ2n) is 4.34. The van der Waals surface area contributed by atoms with E-state index in [1.54, 1.807) is 0 Å². The van der Waals surface area contributed by atoms with Gasteiger partial charge in [-0.25, -0.2) is 9.97 Å². The van der Waals surface area contributed by atoms with Crippen LogP contribution < -0.4 is 15.8 Å². The van der Waals surface area contributed by atoms with Crippen LogP contribution in [-0.2, 0) is 0 Å². The molecule has 1 atom stereocenters. The van der Waals surface area contributed by atoms with Gasteiger partial charge >= 0.3 is 0 Å². The van der Waals surface area contributed by atoms with Gasteiger partial charge in [0.1, 0.15) is 18.7 Å². The molecule has 1 unspecified atom stereocenters. The molecule has 6 heteroatoms. The lowest BCUT2D eigenvalue weighted by molar-refractivity contribution is 0.303. The molecule has 0 aliphatic rings. The predicted molar refractivity (Wildman–Crippen MR) is 74.0 cm³/mol. The first-order valence-electron chi connectivity index (χ1n) is 6.04. The van der Waals surface area contributed by atoms with Crippen molar-refractivity contribution < 1.29 is 4.74 Å². The second-order valence-corrected chi connectivity index (χ2v) is 4.34. The number of ether oxygens (including phenoxy) is 1. The summed E-state index contributed by atoms with van der Waals surface area (Å²) >= 11 is 0. The van der Waals surface area contributed by atoms with E-state index < -0.39 is 0 Å². The van der Waals surface area contributed by atoms with Crippen LogP contribution in [0.3, 0.4) is 0 Å². The van der Waals surface area contributed by atoms with Crippen molar-refractivity contribution in [3.05, 3.63) is 36.2 Å². The lowest BCUT2D eigenvalue weighted by Gasteiger charge is -2.15. The minimum atomic E-state index is 0.0577. The number of anilines is 2. The third-order valence-corrected chi connectivity index (χ3v) is 2.46. The Morgan fingerprint density at radius 2 is 2.21 bits per heavy atom. The Labute approximate surface area is 112 Å². The number of benzene rings is 1. The number of hydrogen-bond donors (Lipinski definition) is 2. The van der Waals surface area contributed by atoms with Gasteiger partial charge < -0.3 is 15.8 Å². The zero-order chi connectivity index (χ0) is 13.7. The molecule has 0 saturated heterocycles. The number of nitrogens with zero attached hydrogens (tertiary/aromatic N) is 3. The van der Waals surface area contributed by atoms with E-state index in [9.17, 15) is 0 Å². The monoisotopic (exact) mass is 259 g/mol. The molecule has 2 rings (SSSR count). The molecule has 1 aromatic heterocycles. The number of aryl methyl sites for hydroxylation is 1. The van der Waals surface area contributed by atoms with Gasteiger partial charge in [0, 0.05) is 0 Å². The highest BCUT2D eigenvalue weighted by atomic mass is 16.5. The standard InChI is InChI=1S/C13H17N5O/c1-9-4-3-5-11(6-9)19-7-10(2)17-13-16-8-15-12(14)18-13/h3-6,8,10H,7H2,1-2H3,(H3,14,15,16,17,18). The summed E-state index contributed by atoms with van der Waals surface area (Å²) in [6, 6.07) is 7.98. The lowest BCUT2D eigenvalue weighted by Crippen LogP contribution is -2.24. The summed E-state index contributed by atoms with van der Waals surface area (Å²) in [5.74, 6) is 1.50.